The zero-order chi connectivity index (χ0) is 14.4. The van der Waals surface area contributed by atoms with Crippen LogP contribution < -0.4 is 4.90 Å². The molecule has 2 aromatic rings. The van der Waals surface area contributed by atoms with Gasteiger partial charge in [-0.05, 0) is 24.1 Å². The van der Waals surface area contributed by atoms with E-state index in [9.17, 15) is 10.1 Å². The molecule has 0 spiro atoms. The Kier molecular flexibility index (Phi) is 4.46. The lowest BCUT2D eigenvalue weighted by molar-refractivity contribution is -0.120. The number of hydrogen-bond donors (Lipinski definition) is 0. The van der Waals surface area contributed by atoms with E-state index in [4.69, 9.17) is 0 Å². The first-order valence-electron chi connectivity index (χ1n) is 6.34. The maximum atomic E-state index is 12.3. The minimum absolute atomic E-state index is 0.241. The maximum absolute atomic E-state index is 12.3. The molecule has 0 aliphatic rings. The van der Waals surface area contributed by atoms with E-state index in [2.05, 4.69) is 11.1 Å². The van der Waals surface area contributed by atoms with Crippen molar-refractivity contribution in [3.8, 4) is 6.07 Å². The van der Waals surface area contributed by atoms with Crippen molar-refractivity contribution in [2.45, 2.75) is 6.42 Å². The van der Waals surface area contributed by atoms with Crippen molar-refractivity contribution < 1.29 is 4.79 Å². The zero-order valence-corrected chi connectivity index (χ0v) is 11.2. The third-order valence-electron chi connectivity index (χ3n) is 3.06. The first-order valence-corrected chi connectivity index (χ1v) is 6.34. The van der Waals surface area contributed by atoms with Crippen LogP contribution in [0.4, 0.5) is 5.82 Å². The molecule has 0 saturated carbocycles. The Balaban J connectivity index is 2.12. The molecule has 20 heavy (non-hydrogen) atoms. The third kappa shape index (κ3) is 3.21. The Morgan fingerprint density at radius 2 is 1.95 bits per heavy atom. The molecule has 0 fully saturated rings. The van der Waals surface area contributed by atoms with Gasteiger partial charge in [0, 0.05) is 13.2 Å². The number of rotatable bonds is 4. The van der Waals surface area contributed by atoms with Crippen LogP contribution in [0, 0.1) is 17.2 Å². The van der Waals surface area contributed by atoms with E-state index in [1.54, 1.807) is 25.4 Å². The van der Waals surface area contributed by atoms with Gasteiger partial charge >= 0.3 is 0 Å². The molecule has 1 atom stereocenters. The second-order valence-electron chi connectivity index (χ2n) is 4.46. The number of aromatic nitrogens is 1. The van der Waals surface area contributed by atoms with Crippen LogP contribution in [0.3, 0.4) is 0 Å². The molecule has 1 aromatic carbocycles. The predicted molar refractivity (Wildman–Crippen MR) is 76.9 cm³/mol. The molecule has 0 N–H and O–H groups in total. The summed E-state index contributed by atoms with van der Waals surface area (Å²) in [5.74, 6) is -0.398. The van der Waals surface area contributed by atoms with Gasteiger partial charge in [0.15, 0.2) is 0 Å². The molecule has 1 amide bonds. The number of anilines is 1. The number of amides is 1. The Bertz CT molecular complexity index is 605. The summed E-state index contributed by atoms with van der Waals surface area (Å²) in [6.45, 7) is 0. The van der Waals surface area contributed by atoms with Crippen LogP contribution in [-0.2, 0) is 11.2 Å². The lowest BCUT2D eigenvalue weighted by Crippen LogP contribution is -2.33. The summed E-state index contributed by atoms with van der Waals surface area (Å²) in [6.07, 6.45) is 2.03. The number of carbonyl (C=O) groups is 1. The molecule has 0 bridgehead atoms. The van der Waals surface area contributed by atoms with Gasteiger partial charge in [-0.2, -0.15) is 5.26 Å². The first-order chi connectivity index (χ1) is 9.72. The molecule has 100 valence electrons. The lowest BCUT2D eigenvalue weighted by atomic mass is 9.99. The van der Waals surface area contributed by atoms with E-state index in [-0.39, 0.29) is 5.91 Å². The van der Waals surface area contributed by atoms with Crippen LogP contribution in [0.25, 0.3) is 0 Å². The fraction of sp³-hybridized carbons (Fsp3) is 0.188. The van der Waals surface area contributed by atoms with E-state index in [0.29, 0.717) is 12.2 Å². The summed E-state index contributed by atoms with van der Waals surface area (Å²) >= 11 is 0. The molecule has 1 aromatic heterocycles. The third-order valence-corrected chi connectivity index (χ3v) is 3.06. The highest BCUT2D eigenvalue weighted by molar-refractivity contribution is 5.95. The molecule has 1 heterocycles. The molecule has 0 radical (unpaired) electrons. The minimum Gasteiger partial charge on any atom is -0.299 e. The summed E-state index contributed by atoms with van der Waals surface area (Å²) in [6, 6.07) is 17.0. The van der Waals surface area contributed by atoms with Gasteiger partial charge in [0.2, 0.25) is 5.91 Å². The number of pyridine rings is 1. The van der Waals surface area contributed by atoms with Gasteiger partial charge in [0.05, 0.1) is 6.07 Å². The average Bonchev–Trinajstić information content (AvgIpc) is 2.53. The van der Waals surface area contributed by atoms with Gasteiger partial charge in [0.1, 0.15) is 11.7 Å². The molecule has 1 unspecified atom stereocenters. The minimum atomic E-state index is -0.704. The summed E-state index contributed by atoms with van der Waals surface area (Å²) < 4.78 is 0. The maximum Gasteiger partial charge on any atom is 0.245 e. The molecule has 2 rings (SSSR count). The quantitative estimate of drug-likeness (QED) is 0.853. The van der Waals surface area contributed by atoms with Crippen molar-refractivity contribution in [1.29, 1.82) is 5.26 Å². The molecule has 4 nitrogen and oxygen atoms in total. The molecule has 0 saturated heterocycles. The number of nitrogens with zero attached hydrogens (tertiary/aromatic N) is 3. The molecular weight excluding hydrogens is 250 g/mol. The van der Waals surface area contributed by atoms with E-state index < -0.39 is 5.92 Å². The Morgan fingerprint density at radius 1 is 1.25 bits per heavy atom. The fourth-order valence-electron chi connectivity index (χ4n) is 1.94. The smallest absolute Gasteiger partial charge is 0.245 e. The highest BCUT2D eigenvalue weighted by Gasteiger charge is 2.23. The predicted octanol–water partition coefficient (Wildman–Crippen LogP) is 2.43. The van der Waals surface area contributed by atoms with E-state index in [0.717, 1.165) is 5.56 Å². The van der Waals surface area contributed by atoms with Gasteiger partial charge in [-0.3, -0.25) is 9.69 Å². The summed E-state index contributed by atoms with van der Waals surface area (Å²) in [7, 11) is 1.64. The second kappa shape index (κ2) is 6.48. The largest absolute Gasteiger partial charge is 0.299 e. The Labute approximate surface area is 118 Å². The Hall–Kier alpha value is -2.67. The summed E-state index contributed by atoms with van der Waals surface area (Å²) in [4.78, 5) is 17.9. The highest BCUT2D eigenvalue weighted by atomic mass is 16.2. The van der Waals surface area contributed by atoms with Crippen molar-refractivity contribution in [3.05, 3.63) is 60.3 Å². The number of carbonyl (C=O) groups excluding carboxylic acids is 1. The van der Waals surface area contributed by atoms with E-state index in [1.165, 1.54) is 4.90 Å². The van der Waals surface area contributed by atoms with Crippen molar-refractivity contribution in [3.63, 3.8) is 0 Å². The second-order valence-corrected chi connectivity index (χ2v) is 4.46. The molecule has 0 aliphatic carbocycles. The van der Waals surface area contributed by atoms with Gasteiger partial charge in [-0.1, -0.05) is 36.4 Å². The normalized spacial score (nSPS) is 11.4. The van der Waals surface area contributed by atoms with Crippen LogP contribution in [0.2, 0.25) is 0 Å². The molecular formula is C16H15N3O. The number of nitriles is 1. The molecule has 4 heteroatoms. The van der Waals surface area contributed by atoms with Gasteiger partial charge < -0.3 is 0 Å². The van der Waals surface area contributed by atoms with E-state index in [1.807, 2.05) is 36.4 Å². The lowest BCUT2D eigenvalue weighted by Gasteiger charge is -2.19. The van der Waals surface area contributed by atoms with Crippen LogP contribution in [0.1, 0.15) is 5.56 Å². The van der Waals surface area contributed by atoms with Gasteiger partial charge in [-0.15, -0.1) is 0 Å². The SMILES string of the molecule is CN(C(=O)C(C#N)Cc1ccccc1)c1ccccn1. The van der Waals surface area contributed by atoms with Crippen molar-refractivity contribution >= 4 is 11.7 Å². The van der Waals surface area contributed by atoms with E-state index >= 15 is 0 Å². The standard InChI is InChI=1S/C16H15N3O/c1-19(15-9-5-6-10-18-15)16(20)14(12-17)11-13-7-3-2-4-8-13/h2-10,14H,11H2,1H3. The zero-order valence-electron chi connectivity index (χ0n) is 11.2. The van der Waals surface area contributed by atoms with Crippen LogP contribution in [-0.4, -0.2) is 17.9 Å². The highest BCUT2D eigenvalue weighted by Crippen LogP contribution is 2.15. The van der Waals surface area contributed by atoms with Gasteiger partial charge in [-0.25, -0.2) is 4.98 Å². The summed E-state index contributed by atoms with van der Waals surface area (Å²) in [5, 5.41) is 9.24. The van der Waals surface area contributed by atoms with Crippen LogP contribution in [0.5, 0.6) is 0 Å². The van der Waals surface area contributed by atoms with Crippen molar-refractivity contribution in [2.24, 2.45) is 5.92 Å². The van der Waals surface area contributed by atoms with Crippen molar-refractivity contribution in [2.75, 3.05) is 11.9 Å². The van der Waals surface area contributed by atoms with Crippen molar-refractivity contribution in [1.82, 2.24) is 4.98 Å². The topological polar surface area (TPSA) is 57.0 Å². The van der Waals surface area contributed by atoms with Crippen LogP contribution in [0.15, 0.2) is 54.7 Å². The monoisotopic (exact) mass is 265 g/mol. The van der Waals surface area contributed by atoms with Crippen LogP contribution >= 0.6 is 0 Å². The molecule has 0 aliphatic heterocycles. The summed E-state index contributed by atoms with van der Waals surface area (Å²) in [5.41, 5.74) is 0.974. The Morgan fingerprint density at radius 3 is 2.55 bits per heavy atom. The van der Waals surface area contributed by atoms with Gasteiger partial charge in [0.25, 0.3) is 0 Å². The number of hydrogen-bond acceptors (Lipinski definition) is 3. The number of benzene rings is 1. The first kappa shape index (κ1) is 13.8. The fourth-order valence-corrected chi connectivity index (χ4v) is 1.94. The average molecular weight is 265 g/mol.